The van der Waals surface area contributed by atoms with Crippen molar-refractivity contribution in [2.75, 3.05) is 10.6 Å². The van der Waals surface area contributed by atoms with Crippen molar-refractivity contribution in [3.63, 3.8) is 0 Å². The highest BCUT2D eigenvalue weighted by atomic mass is 16.3. The van der Waals surface area contributed by atoms with Gasteiger partial charge in [0.1, 0.15) is 11.3 Å². The maximum atomic E-state index is 12.6. The molecule has 0 saturated heterocycles. The molecule has 0 atom stereocenters. The summed E-state index contributed by atoms with van der Waals surface area (Å²) < 4.78 is 5.62. The van der Waals surface area contributed by atoms with Gasteiger partial charge in [0.25, 0.3) is 5.91 Å². The number of anilines is 2. The summed E-state index contributed by atoms with van der Waals surface area (Å²) in [6.07, 6.45) is 0. The third-order valence-corrected chi connectivity index (χ3v) is 3.44. The summed E-state index contributed by atoms with van der Waals surface area (Å²) in [5.41, 5.74) is 2.43. The fourth-order valence-electron chi connectivity index (χ4n) is 2.52. The number of benzene rings is 2. The molecule has 116 valence electrons. The smallest absolute Gasteiger partial charge is 0.259 e. The molecule has 0 unspecified atom stereocenters. The van der Waals surface area contributed by atoms with Crippen molar-refractivity contribution in [2.45, 2.75) is 13.8 Å². The van der Waals surface area contributed by atoms with Crippen LogP contribution in [0.15, 0.2) is 52.9 Å². The van der Waals surface area contributed by atoms with Gasteiger partial charge in [-0.3, -0.25) is 9.59 Å². The maximum Gasteiger partial charge on any atom is 0.259 e. The number of hydrogen-bond donors (Lipinski definition) is 2. The molecule has 2 N–H and O–H groups in total. The number of carbonyl (C=O) groups is 2. The zero-order valence-corrected chi connectivity index (χ0v) is 12.8. The molecule has 0 aliphatic heterocycles. The van der Waals surface area contributed by atoms with Gasteiger partial charge in [-0.2, -0.15) is 0 Å². The van der Waals surface area contributed by atoms with E-state index in [0.29, 0.717) is 28.3 Å². The Kier molecular flexibility index (Phi) is 3.85. The number of rotatable bonds is 3. The molecule has 5 nitrogen and oxygen atoms in total. The van der Waals surface area contributed by atoms with Crippen LogP contribution in [0, 0.1) is 6.92 Å². The summed E-state index contributed by atoms with van der Waals surface area (Å²) in [6, 6.07) is 14.4. The summed E-state index contributed by atoms with van der Waals surface area (Å²) in [5, 5.41) is 6.30. The molecule has 0 saturated carbocycles. The lowest BCUT2D eigenvalue weighted by Crippen LogP contribution is -2.13. The first-order valence-corrected chi connectivity index (χ1v) is 7.22. The van der Waals surface area contributed by atoms with Crippen molar-refractivity contribution in [3.05, 3.63) is 59.9 Å². The zero-order valence-electron chi connectivity index (χ0n) is 12.8. The van der Waals surface area contributed by atoms with Crippen LogP contribution in [-0.2, 0) is 4.79 Å². The lowest BCUT2D eigenvalue weighted by molar-refractivity contribution is -0.114. The van der Waals surface area contributed by atoms with Crippen LogP contribution >= 0.6 is 0 Å². The number of fused-ring (bicyclic) bond motifs is 1. The Bertz CT molecular complexity index is 896. The van der Waals surface area contributed by atoms with Crippen LogP contribution < -0.4 is 10.6 Å². The van der Waals surface area contributed by atoms with Gasteiger partial charge in [0.2, 0.25) is 5.91 Å². The Labute approximate surface area is 133 Å². The Morgan fingerprint density at radius 2 is 1.65 bits per heavy atom. The molecular formula is C18H16N2O3. The number of carbonyl (C=O) groups excluding carboxylic acids is 2. The van der Waals surface area contributed by atoms with Gasteiger partial charge in [0, 0.05) is 23.7 Å². The first-order valence-electron chi connectivity index (χ1n) is 7.22. The lowest BCUT2D eigenvalue weighted by atomic mass is 10.1. The van der Waals surface area contributed by atoms with Crippen LogP contribution in [0.2, 0.25) is 0 Å². The average Bonchev–Trinajstić information content (AvgIpc) is 2.82. The van der Waals surface area contributed by atoms with Crippen LogP contribution in [0.1, 0.15) is 23.0 Å². The second-order valence-corrected chi connectivity index (χ2v) is 5.25. The van der Waals surface area contributed by atoms with Crippen molar-refractivity contribution in [1.29, 1.82) is 0 Å². The summed E-state index contributed by atoms with van der Waals surface area (Å²) in [6.45, 7) is 3.20. The predicted molar refractivity (Wildman–Crippen MR) is 89.6 cm³/mol. The van der Waals surface area contributed by atoms with Crippen molar-refractivity contribution in [3.8, 4) is 0 Å². The number of para-hydroxylation sites is 1. The van der Waals surface area contributed by atoms with E-state index in [0.717, 1.165) is 5.39 Å². The maximum absolute atomic E-state index is 12.6. The van der Waals surface area contributed by atoms with Crippen LogP contribution in [0.25, 0.3) is 11.0 Å². The van der Waals surface area contributed by atoms with Gasteiger partial charge in [-0.15, -0.1) is 0 Å². The van der Waals surface area contributed by atoms with Gasteiger partial charge in [-0.25, -0.2) is 0 Å². The largest absolute Gasteiger partial charge is 0.461 e. The molecule has 3 rings (SSSR count). The van der Waals surface area contributed by atoms with E-state index < -0.39 is 0 Å². The van der Waals surface area contributed by atoms with Crippen molar-refractivity contribution >= 4 is 34.2 Å². The highest BCUT2D eigenvalue weighted by Crippen LogP contribution is 2.26. The van der Waals surface area contributed by atoms with Crippen molar-refractivity contribution in [1.82, 2.24) is 0 Å². The third-order valence-electron chi connectivity index (χ3n) is 3.44. The molecule has 0 spiro atoms. The van der Waals surface area contributed by atoms with Gasteiger partial charge in [0.15, 0.2) is 0 Å². The quantitative estimate of drug-likeness (QED) is 0.769. The minimum atomic E-state index is -0.243. The number of hydrogen-bond acceptors (Lipinski definition) is 3. The zero-order chi connectivity index (χ0) is 16.4. The van der Waals surface area contributed by atoms with Gasteiger partial charge >= 0.3 is 0 Å². The van der Waals surface area contributed by atoms with E-state index in [-0.39, 0.29) is 11.8 Å². The topological polar surface area (TPSA) is 71.3 Å². The molecule has 0 fully saturated rings. The first-order chi connectivity index (χ1) is 11.0. The second kappa shape index (κ2) is 5.96. The SMILES string of the molecule is CC(=O)Nc1cccc(NC(=O)c2c(C)oc3ccccc23)c1. The molecule has 2 amide bonds. The number of aryl methyl sites for hydroxylation is 1. The van der Waals surface area contributed by atoms with E-state index in [1.54, 1.807) is 31.2 Å². The summed E-state index contributed by atoms with van der Waals surface area (Å²) >= 11 is 0. The summed E-state index contributed by atoms with van der Waals surface area (Å²) in [7, 11) is 0. The molecule has 0 aliphatic carbocycles. The molecule has 5 heteroatoms. The molecule has 1 heterocycles. The molecule has 2 aromatic carbocycles. The summed E-state index contributed by atoms with van der Waals surface area (Å²) in [5.74, 6) is 0.166. The Morgan fingerprint density at radius 3 is 2.39 bits per heavy atom. The third kappa shape index (κ3) is 3.08. The summed E-state index contributed by atoms with van der Waals surface area (Å²) in [4.78, 5) is 23.7. The van der Waals surface area contributed by atoms with Gasteiger partial charge in [-0.05, 0) is 31.2 Å². The van der Waals surface area contributed by atoms with Gasteiger partial charge < -0.3 is 15.1 Å². The first kappa shape index (κ1) is 14.8. The number of furan rings is 1. The van der Waals surface area contributed by atoms with Crippen LogP contribution in [0.5, 0.6) is 0 Å². The van der Waals surface area contributed by atoms with Crippen LogP contribution in [0.4, 0.5) is 11.4 Å². The fourth-order valence-corrected chi connectivity index (χ4v) is 2.52. The minimum Gasteiger partial charge on any atom is -0.461 e. The second-order valence-electron chi connectivity index (χ2n) is 5.25. The Morgan fingerprint density at radius 1 is 0.957 bits per heavy atom. The molecule has 1 aromatic heterocycles. The fraction of sp³-hybridized carbons (Fsp3) is 0.111. The van der Waals surface area contributed by atoms with Crippen molar-refractivity contribution in [2.24, 2.45) is 0 Å². The molecular weight excluding hydrogens is 292 g/mol. The highest BCUT2D eigenvalue weighted by molar-refractivity contribution is 6.13. The molecule has 23 heavy (non-hydrogen) atoms. The standard InChI is InChI=1S/C18H16N2O3/c1-11-17(15-8-3-4-9-16(15)23-11)18(22)20-14-7-5-6-13(10-14)19-12(2)21/h3-10H,1-2H3,(H,19,21)(H,20,22). The van der Waals surface area contributed by atoms with E-state index in [1.165, 1.54) is 6.92 Å². The molecule has 0 radical (unpaired) electrons. The Hall–Kier alpha value is -3.08. The predicted octanol–water partition coefficient (Wildman–Crippen LogP) is 3.95. The highest BCUT2D eigenvalue weighted by Gasteiger charge is 2.18. The molecule has 0 aliphatic rings. The minimum absolute atomic E-state index is 0.162. The lowest BCUT2D eigenvalue weighted by Gasteiger charge is -2.07. The van der Waals surface area contributed by atoms with Crippen LogP contribution in [0.3, 0.4) is 0 Å². The van der Waals surface area contributed by atoms with E-state index in [1.807, 2.05) is 24.3 Å². The van der Waals surface area contributed by atoms with E-state index in [4.69, 9.17) is 4.42 Å². The Balaban J connectivity index is 1.89. The van der Waals surface area contributed by atoms with E-state index in [9.17, 15) is 9.59 Å². The number of nitrogens with one attached hydrogen (secondary N) is 2. The monoisotopic (exact) mass is 308 g/mol. The van der Waals surface area contributed by atoms with E-state index >= 15 is 0 Å². The van der Waals surface area contributed by atoms with E-state index in [2.05, 4.69) is 10.6 Å². The molecule has 3 aromatic rings. The number of amides is 2. The van der Waals surface area contributed by atoms with Crippen LogP contribution in [-0.4, -0.2) is 11.8 Å². The van der Waals surface area contributed by atoms with Gasteiger partial charge in [-0.1, -0.05) is 24.3 Å². The normalized spacial score (nSPS) is 10.5. The molecule has 0 bridgehead atoms. The van der Waals surface area contributed by atoms with Crippen molar-refractivity contribution < 1.29 is 14.0 Å². The average molecular weight is 308 g/mol. The van der Waals surface area contributed by atoms with Gasteiger partial charge in [0.05, 0.1) is 5.56 Å².